The Bertz CT molecular complexity index is 191. The first-order valence-corrected chi connectivity index (χ1v) is 6.39. The van der Waals surface area contributed by atoms with Gasteiger partial charge in [0.1, 0.15) is 0 Å². The van der Waals surface area contributed by atoms with Crippen LogP contribution in [0.4, 0.5) is 0 Å². The fraction of sp³-hybridized carbons (Fsp3) is 1.00. The minimum atomic E-state index is 0.399. The molecule has 0 bridgehead atoms. The monoisotopic (exact) mass is 212 g/mol. The van der Waals surface area contributed by atoms with Gasteiger partial charge in [0, 0.05) is 12.6 Å². The number of hydrogen-bond acceptors (Lipinski definition) is 2. The third-order valence-electron chi connectivity index (χ3n) is 4.08. The van der Waals surface area contributed by atoms with Gasteiger partial charge in [0.2, 0.25) is 0 Å². The summed E-state index contributed by atoms with van der Waals surface area (Å²) in [4.78, 5) is 2.45. The molecule has 0 heterocycles. The van der Waals surface area contributed by atoms with Crippen LogP contribution in [0.1, 0.15) is 46.5 Å². The van der Waals surface area contributed by atoms with Crippen LogP contribution in [-0.2, 0) is 0 Å². The van der Waals surface area contributed by atoms with Crippen molar-refractivity contribution in [1.82, 2.24) is 4.90 Å². The molecule has 15 heavy (non-hydrogen) atoms. The molecule has 0 amide bonds. The maximum Gasteiger partial charge on any atom is 0.00498 e. The molecule has 90 valence electrons. The molecule has 2 unspecified atom stereocenters. The standard InChI is InChI=1S/C13H28N2/c1-11(2)15(4)10-13(9-14)7-5-6-12(3)8-13/h11-12H,5-10,14H2,1-4H3. The largest absolute Gasteiger partial charge is 0.330 e. The molecule has 1 aliphatic carbocycles. The van der Waals surface area contributed by atoms with Gasteiger partial charge in [-0.1, -0.05) is 19.8 Å². The summed E-state index contributed by atoms with van der Waals surface area (Å²) in [6.07, 6.45) is 5.41. The number of nitrogens with zero attached hydrogens (tertiary/aromatic N) is 1. The third kappa shape index (κ3) is 3.46. The molecule has 1 saturated carbocycles. The fourth-order valence-corrected chi connectivity index (χ4v) is 2.87. The van der Waals surface area contributed by atoms with Crippen LogP contribution in [0.15, 0.2) is 0 Å². The van der Waals surface area contributed by atoms with Crippen molar-refractivity contribution in [3.8, 4) is 0 Å². The van der Waals surface area contributed by atoms with Crippen LogP contribution < -0.4 is 5.73 Å². The number of hydrogen-bond donors (Lipinski definition) is 1. The van der Waals surface area contributed by atoms with E-state index in [1.165, 1.54) is 32.2 Å². The number of rotatable bonds is 4. The van der Waals surface area contributed by atoms with E-state index in [0.29, 0.717) is 11.5 Å². The molecule has 0 spiro atoms. The summed E-state index contributed by atoms with van der Waals surface area (Å²) in [7, 11) is 2.22. The van der Waals surface area contributed by atoms with Gasteiger partial charge in [-0.3, -0.25) is 0 Å². The zero-order valence-corrected chi connectivity index (χ0v) is 10.9. The van der Waals surface area contributed by atoms with Crippen molar-refractivity contribution in [2.24, 2.45) is 17.1 Å². The fourth-order valence-electron chi connectivity index (χ4n) is 2.87. The zero-order chi connectivity index (χ0) is 11.5. The van der Waals surface area contributed by atoms with Crippen LogP contribution in [-0.4, -0.2) is 31.1 Å². The van der Waals surface area contributed by atoms with Crippen molar-refractivity contribution >= 4 is 0 Å². The van der Waals surface area contributed by atoms with E-state index in [4.69, 9.17) is 5.73 Å². The zero-order valence-electron chi connectivity index (χ0n) is 10.9. The van der Waals surface area contributed by atoms with Crippen molar-refractivity contribution in [2.45, 2.75) is 52.5 Å². The van der Waals surface area contributed by atoms with E-state index in [1.807, 2.05) is 0 Å². The lowest BCUT2D eigenvalue weighted by atomic mass is 9.69. The molecule has 1 aliphatic rings. The van der Waals surface area contributed by atoms with Crippen molar-refractivity contribution in [1.29, 1.82) is 0 Å². The van der Waals surface area contributed by atoms with E-state index in [1.54, 1.807) is 0 Å². The van der Waals surface area contributed by atoms with Gasteiger partial charge in [0.15, 0.2) is 0 Å². The maximum absolute atomic E-state index is 6.02. The lowest BCUT2D eigenvalue weighted by molar-refractivity contribution is 0.0876. The summed E-state index contributed by atoms with van der Waals surface area (Å²) in [5, 5.41) is 0. The molecular formula is C13H28N2. The molecule has 2 nitrogen and oxygen atoms in total. The molecule has 0 aromatic rings. The van der Waals surface area contributed by atoms with Crippen molar-refractivity contribution in [3.05, 3.63) is 0 Å². The van der Waals surface area contributed by atoms with Gasteiger partial charge >= 0.3 is 0 Å². The van der Waals surface area contributed by atoms with Crippen molar-refractivity contribution < 1.29 is 0 Å². The molecule has 1 rings (SSSR count). The second kappa shape index (κ2) is 5.31. The SMILES string of the molecule is CC1CCCC(CN)(CN(C)C(C)C)C1. The van der Waals surface area contributed by atoms with Gasteiger partial charge in [0.05, 0.1) is 0 Å². The molecule has 0 aromatic carbocycles. The second-order valence-corrected chi connectivity index (χ2v) is 5.91. The first-order chi connectivity index (χ1) is 6.99. The Morgan fingerprint density at radius 1 is 1.47 bits per heavy atom. The summed E-state index contributed by atoms with van der Waals surface area (Å²) in [5.74, 6) is 0.864. The van der Waals surface area contributed by atoms with Crippen LogP contribution in [0.25, 0.3) is 0 Å². The molecule has 0 aromatic heterocycles. The van der Waals surface area contributed by atoms with E-state index in [9.17, 15) is 0 Å². The van der Waals surface area contributed by atoms with Gasteiger partial charge in [-0.25, -0.2) is 0 Å². The van der Waals surface area contributed by atoms with Crippen LogP contribution >= 0.6 is 0 Å². The molecule has 0 radical (unpaired) electrons. The van der Waals surface area contributed by atoms with Crippen LogP contribution in [0.3, 0.4) is 0 Å². The topological polar surface area (TPSA) is 29.3 Å². The Labute approximate surface area is 95.2 Å². The summed E-state index contributed by atoms with van der Waals surface area (Å²) in [6, 6.07) is 0.630. The summed E-state index contributed by atoms with van der Waals surface area (Å²) < 4.78 is 0. The average Bonchev–Trinajstić information content (AvgIpc) is 2.17. The maximum atomic E-state index is 6.02. The highest BCUT2D eigenvalue weighted by Crippen LogP contribution is 2.39. The molecule has 0 aliphatic heterocycles. The summed E-state index contributed by atoms with van der Waals surface area (Å²) in [6.45, 7) is 8.92. The second-order valence-electron chi connectivity index (χ2n) is 5.91. The average molecular weight is 212 g/mol. The van der Waals surface area contributed by atoms with E-state index < -0.39 is 0 Å². The minimum absolute atomic E-state index is 0.399. The quantitative estimate of drug-likeness (QED) is 0.776. The molecule has 2 N–H and O–H groups in total. The highest BCUT2D eigenvalue weighted by Gasteiger charge is 2.34. The van der Waals surface area contributed by atoms with Crippen LogP contribution in [0.2, 0.25) is 0 Å². The lowest BCUT2D eigenvalue weighted by Gasteiger charge is -2.42. The van der Waals surface area contributed by atoms with Crippen molar-refractivity contribution in [3.63, 3.8) is 0 Å². The molecular weight excluding hydrogens is 184 g/mol. The first-order valence-electron chi connectivity index (χ1n) is 6.39. The molecule has 1 fully saturated rings. The highest BCUT2D eigenvalue weighted by molar-refractivity contribution is 4.88. The Morgan fingerprint density at radius 3 is 2.60 bits per heavy atom. The molecule has 2 heteroatoms. The van der Waals surface area contributed by atoms with E-state index in [0.717, 1.165) is 12.5 Å². The Balaban J connectivity index is 2.59. The number of nitrogens with two attached hydrogens (primary N) is 1. The van der Waals surface area contributed by atoms with E-state index in [2.05, 4.69) is 32.7 Å². The first kappa shape index (κ1) is 13.0. The van der Waals surface area contributed by atoms with Crippen LogP contribution in [0.5, 0.6) is 0 Å². The van der Waals surface area contributed by atoms with Gasteiger partial charge in [-0.05, 0) is 51.6 Å². The predicted octanol–water partition coefficient (Wildman–Crippen LogP) is 2.48. The van der Waals surface area contributed by atoms with Gasteiger partial charge in [0.25, 0.3) is 0 Å². The summed E-state index contributed by atoms with van der Waals surface area (Å²) in [5.41, 5.74) is 6.42. The van der Waals surface area contributed by atoms with Gasteiger partial charge in [-0.15, -0.1) is 0 Å². The Hall–Kier alpha value is -0.0800. The molecule has 0 saturated heterocycles. The van der Waals surface area contributed by atoms with E-state index in [-0.39, 0.29) is 0 Å². The minimum Gasteiger partial charge on any atom is -0.330 e. The predicted molar refractivity (Wildman–Crippen MR) is 66.9 cm³/mol. The Morgan fingerprint density at radius 2 is 2.13 bits per heavy atom. The normalized spacial score (nSPS) is 32.6. The van der Waals surface area contributed by atoms with Crippen molar-refractivity contribution in [2.75, 3.05) is 20.1 Å². The lowest BCUT2D eigenvalue weighted by Crippen LogP contribution is -2.45. The van der Waals surface area contributed by atoms with Gasteiger partial charge in [-0.2, -0.15) is 0 Å². The third-order valence-corrected chi connectivity index (χ3v) is 4.08. The van der Waals surface area contributed by atoms with Crippen LogP contribution in [0, 0.1) is 11.3 Å². The Kier molecular flexibility index (Phi) is 4.60. The highest BCUT2D eigenvalue weighted by atomic mass is 15.1. The molecule has 2 atom stereocenters. The van der Waals surface area contributed by atoms with Gasteiger partial charge < -0.3 is 10.6 Å². The smallest absolute Gasteiger partial charge is 0.00498 e. The summed E-state index contributed by atoms with van der Waals surface area (Å²) >= 11 is 0. The van der Waals surface area contributed by atoms with E-state index >= 15 is 0 Å².